The summed E-state index contributed by atoms with van der Waals surface area (Å²) >= 11 is -1.75. The van der Waals surface area contributed by atoms with Gasteiger partial charge >= 0.3 is 104 Å². The molecule has 0 fully saturated rings. The Bertz CT molecular complexity index is 221. The topological polar surface area (TPSA) is 181 Å². The molecule has 0 spiro atoms. The van der Waals surface area contributed by atoms with Crippen LogP contribution in [0.25, 0.3) is 0 Å². The first-order valence-corrected chi connectivity index (χ1v) is 4.87. The van der Waals surface area contributed by atoms with Crippen LogP contribution < -0.4 is 90.2 Å². The summed E-state index contributed by atoms with van der Waals surface area (Å²) in [6.07, 6.45) is -8.08. The molecule has 0 heterocycles. The van der Waals surface area contributed by atoms with Gasteiger partial charge in [-0.05, 0) is 0 Å². The van der Waals surface area contributed by atoms with Gasteiger partial charge in [-0.25, -0.2) is 0 Å². The average Bonchev–Trinajstić information content (AvgIpc) is 2.25. The van der Waals surface area contributed by atoms with Crippen molar-refractivity contribution in [1.82, 2.24) is 0 Å². The Kier molecular flexibility index (Phi) is 26.8. The van der Waals surface area contributed by atoms with E-state index in [0.717, 1.165) is 0 Å². The number of carbonyl (C=O) groups excluding carboxylic acids is 1. The third-order valence-electron chi connectivity index (χ3n) is 1.50. The van der Waals surface area contributed by atoms with E-state index >= 15 is 0 Å². The van der Waals surface area contributed by atoms with E-state index in [1.54, 1.807) is 0 Å². The number of carboxylic acids is 1. The second kappa shape index (κ2) is 17.1. The molecule has 0 aliphatic carbocycles. The molecule has 0 aromatic rings. The summed E-state index contributed by atoms with van der Waals surface area (Å²) < 4.78 is 16.9. The second-order valence-corrected chi connectivity index (χ2v) is 2.78. The minimum absolute atomic E-state index is 0. The Morgan fingerprint density at radius 2 is 1.50 bits per heavy atom. The summed E-state index contributed by atoms with van der Waals surface area (Å²) in [5.41, 5.74) is 0. The Hall–Kier alpha value is 2.04. The molecule has 12 heteroatoms. The van der Waals surface area contributed by atoms with E-state index in [0.29, 0.717) is 0 Å². The van der Waals surface area contributed by atoms with Gasteiger partial charge in [0, 0.05) is 0 Å². The van der Waals surface area contributed by atoms with Gasteiger partial charge in [0.1, 0.15) is 24.4 Å². The van der Waals surface area contributed by atoms with Gasteiger partial charge < -0.3 is 35.4 Å². The van der Waals surface area contributed by atoms with Crippen molar-refractivity contribution in [3.05, 3.63) is 0 Å². The summed E-state index contributed by atoms with van der Waals surface area (Å²) in [4.78, 5) is 9.98. The molecule has 0 unspecified atom stereocenters. The molecule has 9 nitrogen and oxygen atoms in total. The van der Waals surface area contributed by atoms with Crippen molar-refractivity contribution in [2.45, 2.75) is 24.4 Å². The molecule has 0 rings (SSSR count). The molecule has 0 saturated carbocycles. The third-order valence-corrected chi connectivity index (χ3v) is 1.50. The first-order chi connectivity index (χ1) is 7.33. The van der Waals surface area contributed by atoms with Crippen molar-refractivity contribution in [3.63, 3.8) is 0 Å². The molecule has 4 atom stereocenters. The monoisotopic (exact) mass is 316 g/mol. The predicted molar refractivity (Wildman–Crippen MR) is 42.6 cm³/mol. The molecular formula is C6H11AlKNaO9. The maximum absolute atomic E-state index is 9.98. The Labute approximate surface area is 174 Å². The molecule has 0 aromatic heterocycles. The first kappa shape index (κ1) is 28.2. The number of carbonyl (C=O) groups is 1. The second-order valence-electron chi connectivity index (χ2n) is 2.59. The fraction of sp³-hybridized carbons (Fsp3) is 0.833. The molecule has 0 radical (unpaired) electrons. The molecule has 5 N–H and O–H groups in total. The molecule has 0 aromatic carbocycles. The summed E-state index contributed by atoms with van der Waals surface area (Å²) in [5, 5.41) is 53.4. The number of carboxylic acid groups (broad SMARTS) is 1. The SMILES string of the molecule is O=C([O-])[C@H](O)[C@@H](O)[C@H](O)[C@H](O)CO.[K+].[Na+].[O]=[Al][O-]. The van der Waals surface area contributed by atoms with Crippen molar-refractivity contribution in [2.75, 3.05) is 6.61 Å². The van der Waals surface area contributed by atoms with Crippen LogP contribution in [0.15, 0.2) is 0 Å². The van der Waals surface area contributed by atoms with Crippen LogP contribution in [0.4, 0.5) is 0 Å². The summed E-state index contributed by atoms with van der Waals surface area (Å²) in [7, 11) is 0. The fourth-order valence-electron chi connectivity index (χ4n) is 0.662. The Morgan fingerprint density at radius 1 is 1.17 bits per heavy atom. The average molecular weight is 316 g/mol. The quantitative estimate of drug-likeness (QED) is 0.307. The summed E-state index contributed by atoms with van der Waals surface area (Å²) in [6.45, 7) is -0.863. The van der Waals surface area contributed by atoms with Crippen molar-refractivity contribution >= 4 is 21.5 Å². The van der Waals surface area contributed by atoms with E-state index in [1.807, 2.05) is 0 Å². The molecule has 94 valence electrons. The van der Waals surface area contributed by atoms with Gasteiger partial charge in [-0.2, -0.15) is 0 Å². The standard InChI is InChI=1S/C6H12O7.Al.K.Na.2O/c7-1-2(8)3(9)4(10)5(11)6(12)13;;;;;/h2-5,7-11H,1H2,(H,12,13);;;;;/q;;2*+1;;-1/p-1/t2-,3-,4+,5-;;;;;/m1...../s1. The molecule has 18 heavy (non-hydrogen) atoms. The molecule has 0 aliphatic rings. The molecule has 0 saturated heterocycles. The van der Waals surface area contributed by atoms with E-state index in [2.05, 4.69) is 0 Å². The van der Waals surface area contributed by atoms with Crippen molar-refractivity contribution < 1.29 is 124 Å². The van der Waals surface area contributed by atoms with Crippen molar-refractivity contribution in [3.8, 4) is 0 Å². The number of aliphatic hydroxyl groups is 5. The molecule has 0 bridgehead atoms. The number of hydrogen-bond acceptors (Lipinski definition) is 9. The van der Waals surface area contributed by atoms with Crippen LogP contribution in [-0.4, -0.2) is 78.0 Å². The zero-order valence-electron chi connectivity index (χ0n) is 9.96. The first-order valence-electron chi connectivity index (χ1n) is 3.93. The van der Waals surface area contributed by atoms with E-state index in [4.69, 9.17) is 33.5 Å². The number of aliphatic carboxylic acids is 1. The minimum atomic E-state index is -2.31. The van der Waals surface area contributed by atoms with Crippen LogP contribution in [0.1, 0.15) is 0 Å². The van der Waals surface area contributed by atoms with Crippen LogP contribution in [-0.2, 0) is 8.60 Å². The van der Waals surface area contributed by atoms with Crippen LogP contribution in [0.3, 0.4) is 0 Å². The molecule has 0 aliphatic heterocycles. The van der Waals surface area contributed by atoms with Crippen LogP contribution in [0.5, 0.6) is 0 Å². The maximum atomic E-state index is 9.98. The number of hydrogen-bond donors (Lipinski definition) is 5. The molecular weight excluding hydrogens is 305 g/mol. The van der Waals surface area contributed by atoms with Gasteiger partial charge in [-0.15, -0.1) is 0 Å². The van der Waals surface area contributed by atoms with Gasteiger partial charge in [0.05, 0.1) is 12.6 Å². The van der Waals surface area contributed by atoms with Crippen LogP contribution >= 0.6 is 0 Å². The van der Waals surface area contributed by atoms with Crippen LogP contribution in [0.2, 0.25) is 0 Å². The summed E-state index contributed by atoms with van der Waals surface area (Å²) in [5.74, 6) is -1.98. The zero-order valence-corrected chi connectivity index (χ0v) is 16.2. The van der Waals surface area contributed by atoms with Crippen molar-refractivity contribution in [1.29, 1.82) is 0 Å². The zero-order chi connectivity index (χ0) is 13.3. The Balaban J connectivity index is -0.000000177. The number of rotatable bonds is 5. The van der Waals surface area contributed by atoms with Crippen LogP contribution in [0, 0.1) is 0 Å². The van der Waals surface area contributed by atoms with Gasteiger partial charge in [0.15, 0.2) is 0 Å². The Morgan fingerprint density at radius 3 is 1.72 bits per heavy atom. The van der Waals surface area contributed by atoms with E-state index in [1.165, 1.54) is 0 Å². The van der Waals surface area contributed by atoms with E-state index in [9.17, 15) is 9.90 Å². The van der Waals surface area contributed by atoms with E-state index in [-0.39, 0.29) is 80.9 Å². The predicted octanol–water partition coefficient (Wildman–Crippen LogP) is -12.5. The fourth-order valence-corrected chi connectivity index (χ4v) is 0.662. The van der Waals surface area contributed by atoms with Crippen molar-refractivity contribution in [2.24, 2.45) is 0 Å². The normalized spacial score (nSPS) is 15.2. The van der Waals surface area contributed by atoms with Gasteiger partial charge in [0.2, 0.25) is 0 Å². The van der Waals surface area contributed by atoms with E-state index < -0.39 is 52.5 Å². The summed E-state index contributed by atoms with van der Waals surface area (Å²) in [6, 6.07) is 0. The number of aliphatic hydroxyl groups excluding tert-OH is 5. The van der Waals surface area contributed by atoms with Gasteiger partial charge in [-0.3, -0.25) is 0 Å². The van der Waals surface area contributed by atoms with Gasteiger partial charge in [0.25, 0.3) is 0 Å². The third kappa shape index (κ3) is 13.0. The molecule has 0 amide bonds. The van der Waals surface area contributed by atoms with Gasteiger partial charge in [-0.1, -0.05) is 0 Å².